The highest BCUT2D eigenvalue weighted by Gasteiger charge is 2.20. The molecule has 5 heteroatoms. The number of halogens is 1. The molecule has 1 fully saturated rings. The van der Waals surface area contributed by atoms with Crippen molar-refractivity contribution in [1.82, 2.24) is 9.88 Å². The molecule has 1 aromatic carbocycles. The summed E-state index contributed by atoms with van der Waals surface area (Å²) in [5.74, 6) is 0.612. The number of rotatable bonds is 3. The lowest BCUT2D eigenvalue weighted by molar-refractivity contribution is 0.322. The maximum Gasteiger partial charge on any atom is 0.226 e. The fourth-order valence-corrected chi connectivity index (χ4v) is 2.56. The van der Waals surface area contributed by atoms with Crippen LogP contribution < -0.4 is 5.73 Å². The fraction of sp³-hybridized carbons (Fsp3) is 0.357. The molecule has 1 atom stereocenters. The van der Waals surface area contributed by atoms with Crippen LogP contribution in [-0.2, 0) is 6.54 Å². The van der Waals surface area contributed by atoms with E-state index >= 15 is 0 Å². The zero-order valence-corrected chi connectivity index (χ0v) is 11.3. The molecule has 0 aliphatic carbocycles. The number of hydrogen-bond acceptors (Lipinski definition) is 4. The smallest absolute Gasteiger partial charge is 0.226 e. The number of oxazole rings is 1. The van der Waals surface area contributed by atoms with E-state index in [0.29, 0.717) is 17.0 Å². The van der Waals surface area contributed by atoms with Gasteiger partial charge in [-0.1, -0.05) is 17.7 Å². The van der Waals surface area contributed by atoms with Gasteiger partial charge in [-0.2, -0.15) is 0 Å². The summed E-state index contributed by atoms with van der Waals surface area (Å²) in [6, 6.07) is 7.80. The molecular weight excluding hydrogens is 262 g/mol. The largest absolute Gasteiger partial charge is 0.444 e. The van der Waals surface area contributed by atoms with Gasteiger partial charge in [-0.15, -0.1) is 0 Å². The standard InChI is InChI=1S/C14H16ClN3O/c15-11-3-1-2-10(6-11)14-17-13(9-19-14)8-18-5-4-12(16)7-18/h1-3,6,9,12H,4-5,7-8,16H2/t12-/m0/s1. The van der Waals surface area contributed by atoms with Crippen LogP contribution in [0.2, 0.25) is 5.02 Å². The highest BCUT2D eigenvalue weighted by atomic mass is 35.5. The first-order valence-electron chi connectivity index (χ1n) is 6.39. The molecule has 0 spiro atoms. The van der Waals surface area contributed by atoms with E-state index in [1.165, 1.54) is 0 Å². The molecule has 19 heavy (non-hydrogen) atoms. The maximum absolute atomic E-state index is 5.96. The summed E-state index contributed by atoms with van der Waals surface area (Å²) in [5.41, 5.74) is 7.73. The van der Waals surface area contributed by atoms with Gasteiger partial charge in [-0.25, -0.2) is 4.98 Å². The van der Waals surface area contributed by atoms with Gasteiger partial charge < -0.3 is 10.2 Å². The molecular formula is C14H16ClN3O. The van der Waals surface area contributed by atoms with Gasteiger partial charge in [0.25, 0.3) is 0 Å². The monoisotopic (exact) mass is 277 g/mol. The third-order valence-electron chi connectivity index (χ3n) is 3.32. The molecule has 0 amide bonds. The van der Waals surface area contributed by atoms with E-state index in [1.54, 1.807) is 6.26 Å². The molecule has 0 saturated carbocycles. The lowest BCUT2D eigenvalue weighted by atomic mass is 10.2. The highest BCUT2D eigenvalue weighted by molar-refractivity contribution is 6.30. The Labute approximate surface area is 117 Å². The summed E-state index contributed by atoms with van der Waals surface area (Å²) in [4.78, 5) is 6.80. The van der Waals surface area contributed by atoms with Crippen LogP contribution in [-0.4, -0.2) is 29.0 Å². The van der Waals surface area contributed by atoms with E-state index in [-0.39, 0.29) is 0 Å². The summed E-state index contributed by atoms with van der Waals surface area (Å²) in [5, 5.41) is 0.683. The molecule has 100 valence electrons. The van der Waals surface area contributed by atoms with Crippen molar-refractivity contribution in [2.24, 2.45) is 5.73 Å². The third-order valence-corrected chi connectivity index (χ3v) is 3.55. The minimum absolute atomic E-state index is 0.291. The summed E-state index contributed by atoms with van der Waals surface area (Å²) in [7, 11) is 0. The van der Waals surface area contributed by atoms with Crippen molar-refractivity contribution < 1.29 is 4.42 Å². The molecule has 1 saturated heterocycles. The summed E-state index contributed by atoms with van der Waals surface area (Å²) >= 11 is 5.96. The average Bonchev–Trinajstić information content (AvgIpc) is 2.99. The molecule has 1 aromatic heterocycles. The van der Waals surface area contributed by atoms with Crippen molar-refractivity contribution in [2.75, 3.05) is 13.1 Å². The minimum atomic E-state index is 0.291. The first-order chi connectivity index (χ1) is 9.20. The van der Waals surface area contributed by atoms with Crippen LogP contribution in [0.3, 0.4) is 0 Å². The van der Waals surface area contributed by atoms with Crippen molar-refractivity contribution in [1.29, 1.82) is 0 Å². The molecule has 2 heterocycles. The Hall–Kier alpha value is -1.36. The predicted octanol–water partition coefficient (Wildman–Crippen LogP) is 2.53. The molecule has 1 aliphatic heterocycles. The summed E-state index contributed by atoms with van der Waals surface area (Å²) in [6.07, 6.45) is 2.76. The van der Waals surface area contributed by atoms with Crippen molar-refractivity contribution in [3.8, 4) is 11.5 Å². The Morgan fingerprint density at radius 1 is 1.47 bits per heavy atom. The van der Waals surface area contributed by atoms with E-state index in [1.807, 2.05) is 24.3 Å². The van der Waals surface area contributed by atoms with Gasteiger partial charge in [-0.3, -0.25) is 4.90 Å². The highest BCUT2D eigenvalue weighted by Crippen LogP contribution is 2.22. The van der Waals surface area contributed by atoms with Crippen LogP contribution >= 0.6 is 11.6 Å². The molecule has 4 nitrogen and oxygen atoms in total. The van der Waals surface area contributed by atoms with Crippen molar-refractivity contribution >= 4 is 11.6 Å². The van der Waals surface area contributed by atoms with Crippen LogP contribution in [0.15, 0.2) is 34.9 Å². The Balaban J connectivity index is 1.73. The molecule has 2 aromatic rings. The maximum atomic E-state index is 5.96. The third kappa shape index (κ3) is 2.97. The Morgan fingerprint density at radius 2 is 2.37 bits per heavy atom. The number of nitrogens with zero attached hydrogens (tertiary/aromatic N) is 2. The van der Waals surface area contributed by atoms with E-state index < -0.39 is 0 Å². The number of likely N-dealkylation sites (tertiary alicyclic amines) is 1. The summed E-state index contributed by atoms with van der Waals surface area (Å²) < 4.78 is 5.52. The van der Waals surface area contributed by atoms with Gasteiger partial charge >= 0.3 is 0 Å². The van der Waals surface area contributed by atoms with Crippen LogP contribution in [0.4, 0.5) is 0 Å². The van der Waals surface area contributed by atoms with Gasteiger partial charge in [0.1, 0.15) is 6.26 Å². The van der Waals surface area contributed by atoms with Crippen LogP contribution in [0.25, 0.3) is 11.5 Å². The summed E-state index contributed by atoms with van der Waals surface area (Å²) in [6.45, 7) is 2.75. The molecule has 2 N–H and O–H groups in total. The number of nitrogens with two attached hydrogens (primary N) is 1. The zero-order valence-electron chi connectivity index (χ0n) is 10.6. The molecule has 1 aliphatic rings. The quantitative estimate of drug-likeness (QED) is 0.937. The van der Waals surface area contributed by atoms with Gasteiger partial charge in [0.15, 0.2) is 0 Å². The van der Waals surface area contributed by atoms with E-state index in [9.17, 15) is 0 Å². The lowest BCUT2D eigenvalue weighted by Crippen LogP contribution is -2.26. The van der Waals surface area contributed by atoms with Crippen molar-refractivity contribution in [3.63, 3.8) is 0 Å². The Morgan fingerprint density at radius 3 is 3.11 bits per heavy atom. The second-order valence-corrected chi connectivity index (χ2v) is 5.37. The topological polar surface area (TPSA) is 55.3 Å². The second kappa shape index (κ2) is 5.33. The zero-order chi connectivity index (χ0) is 13.2. The number of aromatic nitrogens is 1. The Bertz CT molecular complexity index is 569. The van der Waals surface area contributed by atoms with E-state index in [2.05, 4.69) is 9.88 Å². The average molecular weight is 278 g/mol. The molecule has 0 radical (unpaired) electrons. The van der Waals surface area contributed by atoms with Crippen LogP contribution in [0.5, 0.6) is 0 Å². The van der Waals surface area contributed by atoms with Crippen LogP contribution in [0.1, 0.15) is 12.1 Å². The molecule has 0 bridgehead atoms. The number of hydrogen-bond donors (Lipinski definition) is 1. The minimum Gasteiger partial charge on any atom is -0.444 e. The molecule has 3 rings (SSSR count). The number of benzene rings is 1. The fourth-order valence-electron chi connectivity index (χ4n) is 2.37. The van der Waals surface area contributed by atoms with Gasteiger partial charge in [0, 0.05) is 36.3 Å². The van der Waals surface area contributed by atoms with E-state index in [0.717, 1.165) is 37.3 Å². The molecule has 0 unspecified atom stereocenters. The normalized spacial score (nSPS) is 20.0. The van der Waals surface area contributed by atoms with Crippen molar-refractivity contribution in [3.05, 3.63) is 41.2 Å². The lowest BCUT2D eigenvalue weighted by Gasteiger charge is -2.12. The SMILES string of the molecule is N[C@H]1CCN(Cc2coc(-c3cccc(Cl)c3)n2)C1. The predicted molar refractivity (Wildman–Crippen MR) is 74.8 cm³/mol. The van der Waals surface area contributed by atoms with Crippen LogP contribution in [0, 0.1) is 0 Å². The Kier molecular flexibility index (Phi) is 3.55. The first kappa shape index (κ1) is 12.7. The van der Waals surface area contributed by atoms with E-state index in [4.69, 9.17) is 21.8 Å². The van der Waals surface area contributed by atoms with Gasteiger partial charge in [0.05, 0.1) is 5.69 Å². The van der Waals surface area contributed by atoms with Gasteiger partial charge in [-0.05, 0) is 24.6 Å². The first-order valence-corrected chi connectivity index (χ1v) is 6.77. The van der Waals surface area contributed by atoms with Crippen molar-refractivity contribution in [2.45, 2.75) is 19.0 Å². The van der Waals surface area contributed by atoms with Gasteiger partial charge in [0.2, 0.25) is 5.89 Å². The second-order valence-electron chi connectivity index (χ2n) is 4.94.